The number of nitrogens with two attached hydrogens (primary N) is 1. The number of fused-ring (bicyclic) bond motifs is 1. The molecule has 4 rings (SSSR count). The number of pyridine rings is 1. The van der Waals surface area contributed by atoms with Crippen LogP contribution in [0.5, 0.6) is 0 Å². The Morgan fingerprint density at radius 1 is 1.31 bits per heavy atom. The van der Waals surface area contributed by atoms with Gasteiger partial charge in [-0.15, -0.1) is 0 Å². The number of carbonyl (C=O) groups excluding carboxylic acids is 1. The summed E-state index contributed by atoms with van der Waals surface area (Å²) in [5, 5.41) is 3.11. The van der Waals surface area contributed by atoms with E-state index in [1.54, 1.807) is 6.07 Å². The molecule has 2 aliphatic rings. The van der Waals surface area contributed by atoms with Gasteiger partial charge in [0, 0.05) is 28.8 Å². The fraction of sp³-hybridized carbons (Fsp3) is 0.350. The van der Waals surface area contributed by atoms with E-state index >= 15 is 0 Å². The van der Waals surface area contributed by atoms with Crippen LogP contribution in [0.1, 0.15) is 47.3 Å². The highest BCUT2D eigenvalue weighted by molar-refractivity contribution is 8.13. The Kier molecular flexibility index (Phi) is 5.24. The summed E-state index contributed by atoms with van der Waals surface area (Å²) < 4.78 is 40.1. The fourth-order valence-electron chi connectivity index (χ4n) is 4.06. The Hall–Kier alpha value is -2.55. The minimum Gasteiger partial charge on any atom is -0.379 e. The van der Waals surface area contributed by atoms with Crippen molar-refractivity contribution < 1.29 is 18.0 Å². The number of aliphatic imine (C=N–C) groups is 1. The van der Waals surface area contributed by atoms with E-state index in [-0.39, 0.29) is 17.2 Å². The monoisotopic (exact) mass is 420 g/mol. The third-order valence-electron chi connectivity index (χ3n) is 5.49. The van der Waals surface area contributed by atoms with Crippen LogP contribution in [-0.4, -0.2) is 21.8 Å². The molecule has 5 nitrogen and oxygen atoms in total. The van der Waals surface area contributed by atoms with E-state index in [1.807, 2.05) is 0 Å². The molecule has 0 bridgehead atoms. The Morgan fingerprint density at radius 3 is 2.86 bits per heavy atom. The lowest BCUT2D eigenvalue weighted by Gasteiger charge is -2.36. The molecule has 1 aliphatic heterocycles. The molecule has 9 heteroatoms. The molecular weight excluding hydrogens is 401 g/mol. The number of alkyl halides is 2. The Morgan fingerprint density at radius 2 is 2.14 bits per heavy atom. The zero-order chi connectivity index (χ0) is 20.6. The van der Waals surface area contributed by atoms with E-state index in [0.717, 1.165) is 30.9 Å². The minimum absolute atomic E-state index is 0.00601. The van der Waals surface area contributed by atoms with Gasteiger partial charge in [-0.3, -0.25) is 14.8 Å². The van der Waals surface area contributed by atoms with Gasteiger partial charge in [-0.1, -0.05) is 18.2 Å². The van der Waals surface area contributed by atoms with Crippen molar-refractivity contribution >= 4 is 28.5 Å². The zero-order valence-corrected chi connectivity index (χ0v) is 16.2. The van der Waals surface area contributed by atoms with E-state index in [0.29, 0.717) is 22.8 Å². The van der Waals surface area contributed by atoms with Crippen LogP contribution in [0.4, 0.5) is 18.9 Å². The average Bonchev–Trinajstić information content (AvgIpc) is 3.13. The summed E-state index contributed by atoms with van der Waals surface area (Å²) in [7, 11) is 0. The lowest BCUT2D eigenvalue weighted by Crippen LogP contribution is -2.37. The number of carbonyl (C=O) groups is 1. The molecule has 3 N–H and O–H groups in total. The van der Waals surface area contributed by atoms with Crippen molar-refractivity contribution in [1.29, 1.82) is 0 Å². The van der Waals surface area contributed by atoms with Crippen LogP contribution >= 0.6 is 11.8 Å². The summed E-state index contributed by atoms with van der Waals surface area (Å²) in [5.41, 5.74) is 5.78. The van der Waals surface area contributed by atoms with E-state index in [1.165, 1.54) is 30.0 Å². The van der Waals surface area contributed by atoms with Crippen molar-refractivity contribution in [3.8, 4) is 0 Å². The number of hydrogen-bond acceptors (Lipinski definition) is 5. The molecule has 1 aromatic heterocycles. The van der Waals surface area contributed by atoms with Crippen molar-refractivity contribution in [3.05, 3.63) is 59.2 Å². The van der Waals surface area contributed by atoms with Crippen LogP contribution in [-0.2, 0) is 5.54 Å². The molecular formula is C20H19F3N4OS. The summed E-state index contributed by atoms with van der Waals surface area (Å²) in [4.78, 5) is 20.9. The second-order valence-electron chi connectivity index (χ2n) is 7.20. The lowest BCUT2D eigenvalue weighted by molar-refractivity contribution is 0.102. The van der Waals surface area contributed by atoms with Crippen LogP contribution in [0, 0.1) is 11.7 Å². The average molecular weight is 420 g/mol. The van der Waals surface area contributed by atoms with E-state index in [2.05, 4.69) is 15.3 Å². The third-order valence-corrected chi connectivity index (χ3v) is 6.45. The first-order chi connectivity index (χ1) is 13.9. The molecule has 29 heavy (non-hydrogen) atoms. The number of nitrogens with zero attached hydrogens (tertiary/aromatic N) is 2. The van der Waals surface area contributed by atoms with Crippen LogP contribution in [0.2, 0.25) is 0 Å². The fourth-order valence-corrected chi connectivity index (χ4v) is 5.10. The smallest absolute Gasteiger partial charge is 0.274 e. The highest BCUT2D eigenvalue weighted by atomic mass is 32.2. The maximum Gasteiger partial charge on any atom is 0.274 e. The molecule has 2 atom stereocenters. The van der Waals surface area contributed by atoms with Gasteiger partial charge in [-0.25, -0.2) is 13.2 Å². The molecule has 0 radical (unpaired) electrons. The summed E-state index contributed by atoms with van der Waals surface area (Å²) in [6, 6.07) is 6.73. The predicted molar refractivity (Wildman–Crippen MR) is 107 cm³/mol. The standard InChI is InChI=1S/C20H19F3N4OS/c21-15-5-4-13(26-18(28)16-6-3-11(9-25-16)17(22)23)8-14(15)20-7-1-2-12(20)10-29-19(24)27-20/h3-6,8-9,12,17H,1-2,7,10H2,(H2,24,27)(H,26,28). The molecule has 1 aliphatic carbocycles. The number of anilines is 1. The molecule has 1 saturated carbocycles. The first-order valence-corrected chi connectivity index (χ1v) is 10.2. The van der Waals surface area contributed by atoms with E-state index in [4.69, 9.17) is 5.73 Å². The maximum atomic E-state index is 14.8. The number of amidine groups is 1. The van der Waals surface area contributed by atoms with Gasteiger partial charge < -0.3 is 11.1 Å². The topological polar surface area (TPSA) is 80.4 Å². The van der Waals surface area contributed by atoms with Crippen molar-refractivity contribution in [1.82, 2.24) is 4.98 Å². The molecule has 1 fully saturated rings. The van der Waals surface area contributed by atoms with E-state index < -0.39 is 23.7 Å². The van der Waals surface area contributed by atoms with Gasteiger partial charge in [-0.05, 0) is 49.1 Å². The maximum absolute atomic E-state index is 14.8. The second-order valence-corrected chi connectivity index (χ2v) is 8.24. The van der Waals surface area contributed by atoms with Crippen molar-refractivity contribution in [3.63, 3.8) is 0 Å². The largest absolute Gasteiger partial charge is 0.379 e. The number of hydrogen-bond donors (Lipinski definition) is 2. The molecule has 1 amide bonds. The molecule has 0 saturated heterocycles. The van der Waals surface area contributed by atoms with Crippen LogP contribution in [0.15, 0.2) is 41.5 Å². The number of benzene rings is 1. The van der Waals surface area contributed by atoms with Crippen molar-refractivity contribution in [2.75, 3.05) is 11.1 Å². The molecule has 2 heterocycles. The molecule has 2 aromatic rings. The van der Waals surface area contributed by atoms with Crippen LogP contribution in [0.25, 0.3) is 0 Å². The van der Waals surface area contributed by atoms with Gasteiger partial charge in [0.25, 0.3) is 12.3 Å². The molecule has 0 spiro atoms. The minimum atomic E-state index is -2.65. The van der Waals surface area contributed by atoms with E-state index in [9.17, 15) is 18.0 Å². The van der Waals surface area contributed by atoms with Crippen molar-refractivity contribution in [2.24, 2.45) is 16.6 Å². The summed E-state index contributed by atoms with van der Waals surface area (Å²) in [6.45, 7) is 0. The number of amides is 1. The molecule has 1 aromatic carbocycles. The second kappa shape index (κ2) is 7.70. The highest BCUT2D eigenvalue weighted by Gasteiger charge is 2.48. The molecule has 2 unspecified atom stereocenters. The summed E-state index contributed by atoms with van der Waals surface area (Å²) >= 11 is 1.48. The van der Waals surface area contributed by atoms with Gasteiger partial charge in [-0.2, -0.15) is 0 Å². The van der Waals surface area contributed by atoms with Gasteiger partial charge >= 0.3 is 0 Å². The quantitative estimate of drug-likeness (QED) is 0.765. The predicted octanol–water partition coefficient (Wildman–Crippen LogP) is 4.47. The van der Waals surface area contributed by atoms with Crippen LogP contribution in [0.3, 0.4) is 0 Å². The Labute approximate surface area is 170 Å². The number of thioether (sulfide) groups is 1. The number of rotatable bonds is 4. The number of aromatic nitrogens is 1. The Balaban J connectivity index is 1.62. The first-order valence-electron chi connectivity index (χ1n) is 9.22. The zero-order valence-electron chi connectivity index (χ0n) is 15.4. The highest BCUT2D eigenvalue weighted by Crippen LogP contribution is 2.51. The third kappa shape index (κ3) is 3.71. The van der Waals surface area contributed by atoms with Gasteiger partial charge in [0.1, 0.15) is 11.5 Å². The Bertz CT molecular complexity index is 967. The van der Waals surface area contributed by atoms with Gasteiger partial charge in [0.2, 0.25) is 0 Å². The van der Waals surface area contributed by atoms with Crippen molar-refractivity contribution in [2.45, 2.75) is 31.2 Å². The van der Waals surface area contributed by atoms with Gasteiger partial charge in [0.05, 0.1) is 5.54 Å². The van der Waals surface area contributed by atoms with Crippen LogP contribution < -0.4 is 11.1 Å². The number of halogens is 3. The molecule has 152 valence electrons. The van der Waals surface area contributed by atoms with Gasteiger partial charge in [0.15, 0.2) is 5.17 Å². The lowest BCUT2D eigenvalue weighted by atomic mass is 9.81. The first kappa shape index (κ1) is 19.8. The summed E-state index contributed by atoms with van der Waals surface area (Å²) in [5.74, 6) is 0.0128. The SMILES string of the molecule is NC1=NC2(c3cc(NC(=O)c4ccc(C(F)F)cn4)ccc3F)CCCC2CS1. The summed E-state index contributed by atoms with van der Waals surface area (Å²) in [6.07, 6.45) is 0.886. The normalized spacial score (nSPS) is 23.6. The number of nitrogens with one attached hydrogen (secondary N) is 1.